The van der Waals surface area contributed by atoms with Crippen molar-refractivity contribution in [3.63, 3.8) is 0 Å². The maximum Gasteiger partial charge on any atom is 0.416 e. The van der Waals surface area contributed by atoms with E-state index in [1.54, 1.807) is 17.2 Å². The van der Waals surface area contributed by atoms with Gasteiger partial charge in [-0.25, -0.2) is 4.98 Å². The Morgan fingerprint density at radius 3 is 2.45 bits per heavy atom. The molecule has 156 valence electrons. The van der Waals surface area contributed by atoms with Gasteiger partial charge in [-0.05, 0) is 43.0 Å². The van der Waals surface area contributed by atoms with E-state index in [9.17, 15) is 23.1 Å². The number of aliphatic hydroxyl groups excluding tert-OH is 1. The molecule has 29 heavy (non-hydrogen) atoms. The number of rotatable bonds is 6. The highest BCUT2D eigenvalue weighted by molar-refractivity contribution is 7.99. The van der Waals surface area contributed by atoms with Crippen LogP contribution in [0.2, 0.25) is 0 Å². The maximum absolute atomic E-state index is 13.3. The Kier molecular flexibility index (Phi) is 6.85. The van der Waals surface area contributed by atoms with E-state index in [0.29, 0.717) is 25.9 Å². The van der Waals surface area contributed by atoms with Crippen molar-refractivity contribution in [1.29, 1.82) is 0 Å². The molecule has 0 bridgehead atoms. The van der Waals surface area contributed by atoms with E-state index in [-0.39, 0.29) is 30.3 Å². The fourth-order valence-corrected chi connectivity index (χ4v) is 4.40. The van der Waals surface area contributed by atoms with Crippen LogP contribution in [0.1, 0.15) is 24.0 Å². The van der Waals surface area contributed by atoms with Gasteiger partial charge in [-0.3, -0.25) is 4.79 Å². The summed E-state index contributed by atoms with van der Waals surface area (Å²) in [6.07, 6.45) is -1.68. The molecule has 4 nitrogen and oxygen atoms in total. The van der Waals surface area contributed by atoms with Crippen LogP contribution < -0.4 is 0 Å². The average molecular weight is 424 g/mol. The number of amides is 1. The van der Waals surface area contributed by atoms with Gasteiger partial charge in [0, 0.05) is 31.3 Å². The molecule has 1 N–H and O–H groups in total. The number of piperidine rings is 1. The normalized spacial score (nSPS) is 16.6. The molecule has 1 fully saturated rings. The lowest BCUT2D eigenvalue weighted by atomic mass is 9.73. The first-order valence-corrected chi connectivity index (χ1v) is 10.4. The molecule has 2 heterocycles. The molecule has 0 aliphatic carbocycles. The lowest BCUT2D eigenvalue weighted by Crippen LogP contribution is -2.46. The number of benzene rings is 1. The molecule has 1 aliphatic heterocycles. The maximum atomic E-state index is 13.3. The minimum Gasteiger partial charge on any atom is -0.396 e. The Labute approximate surface area is 172 Å². The van der Waals surface area contributed by atoms with E-state index >= 15 is 0 Å². The van der Waals surface area contributed by atoms with E-state index in [1.165, 1.54) is 23.9 Å². The van der Waals surface area contributed by atoms with Crippen LogP contribution in [0, 0.1) is 5.41 Å². The molecule has 1 aromatic carbocycles. The number of aliphatic hydroxyl groups is 1. The summed E-state index contributed by atoms with van der Waals surface area (Å²) >= 11 is 1.36. The largest absolute Gasteiger partial charge is 0.416 e. The van der Waals surface area contributed by atoms with Crippen molar-refractivity contribution in [2.24, 2.45) is 5.41 Å². The summed E-state index contributed by atoms with van der Waals surface area (Å²) in [6, 6.07) is 11.0. The van der Waals surface area contributed by atoms with Crippen molar-refractivity contribution in [1.82, 2.24) is 9.88 Å². The topological polar surface area (TPSA) is 53.4 Å². The van der Waals surface area contributed by atoms with Gasteiger partial charge < -0.3 is 10.0 Å². The second-order valence-corrected chi connectivity index (χ2v) is 8.32. The number of hydrogen-bond acceptors (Lipinski definition) is 4. The molecule has 1 amide bonds. The van der Waals surface area contributed by atoms with Gasteiger partial charge in [0.2, 0.25) is 5.91 Å². The molecule has 1 aliphatic rings. The summed E-state index contributed by atoms with van der Waals surface area (Å²) in [5.41, 5.74) is -1.11. The predicted molar refractivity (Wildman–Crippen MR) is 105 cm³/mol. The first-order valence-electron chi connectivity index (χ1n) is 9.41. The summed E-state index contributed by atoms with van der Waals surface area (Å²) in [5, 5.41) is 10.7. The van der Waals surface area contributed by atoms with Crippen molar-refractivity contribution in [3.8, 4) is 0 Å². The van der Waals surface area contributed by atoms with Crippen LogP contribution in [0.15, 0.2) is 53.7 Å². The van der Waals surface area contributed by atoms with Crippen molar-refractivity contribution in [3.05, 3.63) is 59.8 Å². The molecule has 8 heteroatoms. The van der Waals surface area contributed by atoms with Crippen LogP contribution in [0.25, 0.3) is 0 Å². The number of nitrogens with zero attached hydrogens (tertiary/aromatic N) is 2. The van der Waals surface area contributed by atoms with Gasteiger partial charge >= 0.3 is 6.18 Å². The van der Waals surface area contributed by atoms with Crippen molar-refractivity contribution in [2.75, 3.05) is 25.4 Å². The number of carbonyl (C=O) groups is 1. The van der Waals surface area contributed by atoms with Gasteiger partial charge in [0.25, 0.3) is 0 Å². The Morgan fingerprint density at radius 2 is 1.83 bits per heavy atom. The monoisotopic (exact) mass is 424 g/mol. The van der Waals surface area contributed by atoms with E-state index in [1.807, 2.05) is 18.2 Å². The minimum absolute atomic E-state index is 0.0251. The van der Waals surface area contributed by atoms with Gasteiger partial charge in [0.1, 0.15) is 0 Å². The molecule has 0 radical (unpaired) electrons. The first-order chi connectivity index (χ1) is 13.8. The zero-order valence-electron chi connectivity index (χ0n) is 15.9. The molecular formula is C21H23F3N2O2S. The summed E-state index contributed by atoms with van der Waals surface area (Å²) in [7, 11) is 0. The predicted octanol–water partition coefficient (Wildman–Crippen LogP) is 4.04. The molecule has 0 spiro atoms. The smallest absolute Gasteiger partial charge is 0.396 e. The zero-order chi connectivity index (χ0) is 20.9. The van der Waals surface area contributed by atoms with E-state index in [0.717, 1.165) is 11.1 Å². The summed E-state index contributed by atoms with van der Waals surface area (Å²) < 4.78 is 39.9. The highest BCUT2D eigenvalue weighted by atomic mass is 32.2. The number of thioether (sulfide) groups is 1. The molecule has 3 rings (SSSR count). The summed E-state index contributed by atoms with van der Waals surface area (Å²) in [5.74, 6) is 0.239. The Balaban J connectivity index is 1.61. The van der Waals surface area contributed by atoms with Crippen LogP contribution in [0.4, 0.5) is 13.2 Å². The van der Waals surface area contributed by atoms with Gasteiger partial charge in [0.15, 0.2) is 0 Å². The van der Waals surface area contributed by atoms with Gasteiger partial charge in [-0.1, -0.05) is 36.0 Å². The quantitative estimate of drug-likeness (QED) is 0.712. The number of hydrogen-bond donors (Lipinski definition) is 1. The number of aromatic nitrogens is 1. The van der Waals surface area contributed by atoms with Gasteiger partial charge in [-0.2, -0.15) is 13.2 Å². The van der Waals surface area contributed by atoms with E-state index < -0.39 is 17.2 Å². The Hall–Kier alpha value is -2.06. The lowest BCUT2D eigenvalue weighted by Gasteiger charge is -2.41. The molecule has 1 saturated heterocycles. The summed E-state index contributed by atoms with van der Waals surface area (Å²) in [4.78, 5) is 18.4. The highest BCUT2D eigenvalue weighted by Gasteiger charge is 2.39. The first kappa shape index (κ1) is 21.6. The SMILES string of the molecule is O=C(CSc1ccccn1)N1CCC(CO)(Cc2ccccc2C(F)(F)F)CC1. The van der Waals surface area contributed by atoms with E-state index in [4.69, 9.17) is 0 Å². The fourth-order valence-electron chi connectivity index (χ4n) is 3.64. The number of alkyl halides is 3. The third kappa shape index (κ3) is 5.51. The number of likely N-dealkylation sites (tertiary alicyclic amines) is 1. The van der Waals surface area contributed by atoms with Crippen LogP contribution >= 0.6 is 11.8 Å². The summed E-state index contributed by atoms with van der Waals surface area (Å²) in [6.45, 7) is 0.649. The molecule has 0 unspecified atom stereocenters. The number of halogens is 3. The second-order valence-electron chi connectivity index (χ2n) is 7.33. The van der Waals surface area contributed by atoms with Crippen LogP contribution in [0.5, 0.6) is 0 Å². The third-order valence-corrected chi connectivity index (χ3v) is 6.31. The average Bonchev–Trinajstić information content (AvgIpc) is 2.73. The van der Waals surface area contributed by atoms with Gasteiger partial charge in [0.05, 0.1) is 16.3 Å². The molecular weight excluding hydrogens is 401 g/mol. The Morgan fingerprint density at radius 1 is 1.14 bits per heavy atom. The second kappa shape index (κ2) is 9.17. The third-order valence-electron chi connectivity index (χ3n) is 5.38. The molecule has 0 saturated carbocycles. The van der Waals surface area contributed by atoms with Crippen molar-refractivity contribution >= 4 is 17.7 Å². The number of carbonyl (C=O) groups excluding carboxylic acids is 1. The van der Waals surface area contributed by atoms with Crippen molar-refractivity contribution in [2.45, 2.75) is 30.5 Å². The minimum atomic E-state index is -4.42. The van der Waals surface area contributed by atoms with Crippen molar-refractivity contribution < 1.29 is 23.1 Å². The molecule has 0 atom stereocenters. The van der Waals surface area contributed by atoms with Crippen LogP contribution in [0.3, 0.4) is 0 Å². The molecule has 2 aromatic rings. The van der Waals surface area contributed by atoms with E-state index in [2.05, 4.69) is 4.98 Å². The standard InChI is InChI=1S/C21H23F3N2O2S/c22-21(23,24)17-6-2-1-5-16(17)13-20(15-27)8-11-26(12-9-20)19(28)14-29-18-7-3-4-10-25-18/h1-7,10,27H,8-9,11-15H2. The highest BCUT2D eigenvalue weighted by Crippen LogP contribution is 2.39. The van der Waals surface area contributed by atoms with Crippen LogP contribution in [-0.4, -0.2) is 46.3 Å². The number of pyridine rings is 1. The zero-order valence-corrected chi connectivity index (χ0v) is 16.7. The van der Waals surface area contributed by atoms with Crippen LogP contribution in [-0.2, 0) is 17.4 Å². The van der Waals surface area contributed by atoms with Gasteiger partial charge in [-0.15, -0.1) is 0 Å². The molecule has 1 aromatic heterocycles. The lowest BCUT2D eigenvalue weighted by molar-refractivity contribution is -0.138. The Bertz CT molecular complexity index is 822. The fraction of sp³-hybridized carbons (Fsp3) is 0.429.